The van der Waals surface area contributed by atoms with E-state index < -0.39 is 53.8 Å². The van der Waals surface area contributed by atoms with Crippen LogP contribution in [0.25, 0.3) is 0 Å². The highest BCUT2D eigenvalue weighted by atomic mass is 32.2. The van der Waals surface area contributed by atoms with Crippen molar-refractivity contribution in [1.82, 2.24) is 26.3 Å². The van der Waals surface area contributed by atoms with Gasteiger partial charge in [-0.25, -0.2) is 4.98 Å². The average Bonchev–Trinajstić information content (AvgIpc) is 3.85. The van der Waals surface area contributed by atoms with E-state index in [0.29, 0.717) is 35.0 Å². The number of nitrogens with one attached hydrogen (secondary N) is 4. The zero-order valence-corrected chi connectivity index (χ0v) is 31.5. The summed E-state index contributed by atoms with van der Waals surface area (Å²) >= 11 is 2.76. The molecule has 0 saturated carbocycles. The van der Waals surface area contributed by atoms with Gasteiger partial charge in [0.15, 0.2) is 5.13 Å². The summed E-state index contributed by atoms with van der Waals surface area (Å²) in [6.45, 7) is 0.585. The van der Waals surface area contributed by atoms with Gasteiger partial charge in [-0.05, 0) is 53.8 Å². The molecule has 1 saturated heterocycles. The van der Waals surface area contributed by atoms with Crippen LogP contribution in [-0.4, -0.2) is 87.2 Å². The monoisotopic (exact) mass is 785 g/mol. The quantitative estimate of drug-likeness (QED) is 0.145. The van der Waals surface area contributed by atoms with Crippen LogP contribution < -0.4 is 31.9 Å². The lowest BCUT2D eigenvalue weighted by Crippen LogP contribution is -2.60. The van der Waals surface area contributed by atoms with Gasteiger partial charge in [-0.3, -0.25) is 24.0 Å². The van der Waals surface area contributed by atoms with Gasteiger partial charge in [0.05, 0.1) is 5.69 Å². The minimum atomic E-state index is -1.24. The Morgan fingerprint density at radius 1 is 0.727 bits per heavy atom. The van der Waals surface area contributed by atoms with E-state index in [-0.39, 0.29) is 42.4 Å². The second-order valence-electron chi connectivity index (χ2n) is 13.6. The number of nitrogens with two attached hydrogens (primary N) is 1. The molecular weight excluding hydrogens is 743 g/mol. The number of thiazole rings is 1. The molecule has 2 bridgehead atoms. The maximum atomic E-state index is 14.3. The summed E-state index contributed by atoms with van der Waals surface area (Å²) in [6.07, 6.45) is 1.36. The topological polar surface area (TPSA) is 216 Å². The van der Waals surface area contributed by atoms with Crippen molar-refractivity contribution in [2.45, 2.75) is 68.1 Å². The van der Waals surface area contributed by atoms with Crippen molar-refractivity contribution in [2.24, 2.45) is 5.73 Å². The van der Waals surface area contributed by atoms with Gasteiger partial charge >= 0.3 is 0 Å². The van der Waals surface area contributed by atoms with Crippen molar-refractivity contribution in [3.8, 4) is 11.5 Å². The van der Waals surface area contributed by atoms with Crippen molar-refractivity contribution in [1.29, 1.82) is 0 Å². The molecule has 3 aromatic carbocycles. The number of thioether (sulfide) groups is 1. The third-order valence-electron chi connectivity index (χ3n) is 9.47. The van der Waals surface area contributed by atoms with Crippen molar-refractivity contribution in [2.75, 3.05) is 17.2 Å². The predicted molar refractivity (Wildman–Crippen MR) is 209 cm³/mol. The average molecular weight is 786 g/mol. The first-order chi connectivity index (χ1) is 26.5. The van der Waals surface area contributed by atoms with Crippen LogP contribution in [0.2, 0.25) is 0 Å². The Bertz CT molecular complexity index is 1980. The molecule has 0 spiro atoms. The number of hydrogen-bond donors (Lipinski definition) is 7. The Kier molecular flexibility index (Phi) is 12.9. The van der Waals surface area contributed by atoms with Gasteiger partial charge in [-0.2, -0.15) is 11.8 Å². The van der Waals surface area contributed by atoms with E-state index in [1.54, 1.807) is 48.5 Å². The van der Waals surface area contributed by atoms with Gasteiger partial charge in [0.1, 0.15) is 41.7 Å². The van der Waals surface area contributed by atoms with Crippen molar-refractivity contribution < 1.29 is 34.2 Å². The summed E-state index contributed by atoms with van der Waals surface area (Å²) < 4.78 is 0. The summed E-state index contributed by atoms with van der Waals surface area (Å²) in [5.74, 6) is -2.47. The van der Waals surface area contributed by atoms with E-state index in [4.69, 9.17) is 10.7 Å². The molecule has 16 heteroatoms. The van der Waals surface area contributed by atoms with Crippen LogP contribution >= 0.6 is 23.1 Å². The second kappa shape index (κ2) is 18.1. The molecule has 4 aromatic rings. The fourth-order valence-electron chi connectivity index (χ4n) is 6.54. The molecule has 3 heterocycles. The van der Waals surface area contributed by atoms with Gasteiger partial charge in [0.2, 0.25) is 29.5 Å². The normalized spacial score (nSPS) is 22.8. The number of anilines is 1. The van der Waals surface area contributed by atoms with Crippen LogP contribution in [-0.2, 0) is 49.0 Å². The molecule has 1 fully saturated rings. The zero-order chi connectivity index (χ0) is 38.9. The minimum absolute atomic E-state index is 0.0156. The Labute approximate surface area is 326 Å². The molecule has 0 aliphatic carbocycles. The van der Waals surface area contributed by atoms with E-state index >= 15 is 0 Å². The molecule has 0 unspecified atom stereocenters. The number of benzene rings is 3. The third kappa shape index (κ3) is 10.5. The number of primary amides is 1. The number of aromatic hydroxyl groups is 2. The molecule has 5 atom stereocenters. The number of carbonyl (C=O) groups is 5. The lowest BCUT2D eigenvalue weighted by Gasteiger charge is -2.28. The van der Waals surface area contributed by atoms with Gasteiger partial charge < -0.3 is 42.1 Å². The number of phenolic OH excluding ortho intramolecular Hbond substituents is 2. The number of amides is 5. The van der Waals surface area contributed by atoms with Gasteiger partial charge in [-0.1, -0.05) is 54.6 Å². The van der Waals surface area contributed by atoms with Crippen LogP contribution in [0, 0.1) is 0 Å². The number of hydrogen-bond acceptors (Lipinski definition) is 11. The lowest BCUT2D eigenvalue weighted by atomic mass is 10.0. The van der Waals surface area contributed by atoms with Crippen LogP contribution in [0.3, 0.4) is 0 Å². The first-order valence-corrected chi connectivity index (χ1v) is 19.9. The number of fused-ring (bicyclic) bond motifs is 4. The van der Waals surface area contributed by atoms with Crippen molar-refractivity contribution in [3.63, 3.8) is 0 Å². The predicted octanol–water partition coefficient (Wildman–Crippen LogP) is 1.92. The molecule has 0 radical (unpaired) electrons. The largest absolute Gasteiger partial charge is 0.508 e. The Morgan fingerprint density at radius 3 is 1.78 bits per heavy atom. The van der Waals surface area contributed by atoms with Crippen LogP contribution in [0.1, 0.15) is 35.2 Å². The summed E-state index contributed by atoms with van der Waals surface area (Å²) in [5, 5.41) is 33.6. The smallest absolute Gasteiger partial charge is 0.243 e. The number of nitrogens with zero attached hydrogens (tertiary/aromatic N) is 2. The standard InChI is InChI=1S/C39H43N7O7S2/c40-34(49)32-22-54-20-26-21-55-39(41-26)46-16-4-7-33(46)38(53)44-31(19-25-10-14-28(48)15-11-25)36(51)43-30(18-24-8-12-27(47)13-9-24)35(50)42-29(37(52)45-32)17-23-5-2-1-3-6-23/h1-3,5-6,8-15,21,29-33,47-48H,4,7,16-20,22H2,(H2,40,49)(H,42,50)(H,43,51)(H,44,53)(H,45,52)/t29-,30-,31-,32-,33-/m0/s1. The molecule has 2 aliphatic rings. The summed E-state index contributed by atoms with van der Waals surface area (Å²) in [4.78, 5) is 75.8. The number of rotatable bonds is 7. The van der Waals surface area contributed by atoms with Crippen molar-refractivity contribution in [3.05, 3.63) is 107 Å². The zero-order valence-electron chi connectivity index (χ0n) is 29.9. The Balaban J connectivity index is 1.36. The van der Waals surface area contributed by atoms with E-state index in [1.165, 1.54) is 47.4 Å². The molecule has 55 heavy (non-hydrogen) atoms. The highest BCUT2D eigenvalue weighted by Crippen LogP contribution is 2.30. The summed E-state index contributed by atoms with van der Waals surface area (Å²) in [6, 6.07) is 16.2. The maximum absolute atomic E-state index is 14.3. The Morgan fingerprint density at radius 2 is 1.24 bits per heavy atom. The summed E-state index contributed by atoms with van der Waals surface area (Å²) in [7, 11) is 0. The SMILES string of the molecule is NC(=O)[C@@H]1CSCc2csc(n2)N2CCC[C@H]2C(=O)N[C@@H](Cc2ccc(O)cc2)C(=O)N[C@@H](Cc2ccc(O)cc2)C(=O)N[C@@H](Cc2ccccc2)C(=O)N1. The first kappa shape index (κ1) is 39.1. The second-order valence-corrected chi connectivity index (χ2v) is 15.4. The molecule has 6 rings (SSSR count). The van der Waals surface area contributed by atoms with Gasteiger partial charge in [-0.15, -0.1) is 11.3 Å². The van der Waals surface area contributed by atoms with E-state index in [0.717, 1.165) is 17.7 Å². The number of aromatic nitrogens is 1. The van der Waals surface area contributed by atoms with Gasteiger partial charge in [0.25, 0.3) is 0 Å². The van der Waals surface area contributed by atoms with E-state index in [1.807, 2.05) is 16.3 Å². The highest BCUT2D eigenvalue weighted by Gasteiger charge is 2.36. The lowest BCUT2D eigenvalue weighted by molar-refractivity contribution is -0.134. The molecule has 2 aliphatic heterocycles. The maximum Gasteiger partial charge on any atom is 0.243 e. The van der Waals surface area contributed by atoms with Crippen LogP contribution in [0.15, 0.2) is 84.2 Å². The fourth-order valence-corrected chi connectivity index (χ4v) is 8.50. The number of carbonyl (C=O) groups excluding carboxylic acids is 5. The fraction of sp³-hybridized carbons (Fsp3) is 0.333. The minimum Gasteiger partial charge on any atom is -0.508 e. The molecule has 14 nitrogen and oxygen atoms in total. The van der Waals surface area contributed by atoms with Crippen LogP contribution in [0.5, 0.6) is 11.5 Å². The van der Waals surface area contributed by atoms with Gasteiger partial charge in [0, 0.05) is 42.7 Å². The molecule has 5 amide bonds. The molecule has 1 aromatic heterocycles. The number of phenols is 2. The summed E-state index contributed by atoms with van der Waals surface area (Å²) in [5.41, 5.74) is 8.47. The van der Waals surface area contributed by atoms with Crippen molar-refractivity contribution >= 4 is 57.8 Å². The first-order valence-electron chi connectivity index (χ1n) is 17.9. The Hall–Kier alpha value is -5.61. The highest BCUT2D eigenvalue weighted by molar-refractivity contribution is 7.98. The third-order valence-corrected chi connectivity index (χ3v) is 11.5. The molecule has 288 valence electrons. The van der Waals surface area contributed by atoms with E-state index in [9.17, 15) is 34.2 Å². The molecule has 8 N–H and O–H groups in total. The van der Waals surface area contributed by atoms with E-state index in [2.05, 4.69) is 21.3 Å². The molecular formula is C39H43N7O7S2. The van der Waals surface area contributed by atoms with Crippen LogP contribution in [0.4, 0.5) is 5.13 Å².